The molecule has 108 valence electrons. The molecule has 0 aromatic heterocycles. The Morgan fingerprint density at radius 2 is 1.95 bits per heavy atom. The Hall–Kier alpha value is -1.93. The fourth-order valence-electron chi connectivity index (χ4n) is 1.88. The Bertz CT molecular complexity index is 447. The third-order valence-corrected chi connectivity index (χ3v) is 2.91. The number of ether oxygens (including phenoxy) is 1. The van der Waals surface area contributed by atoms with Gasteiger partial charge in [0, 0.05) is 6.42 Å². The van der Waals surface area contributed by atoms with E-state index in [1.165, 1.54) is 11.6 Å². The third-order valence-electron chi connectivity index (χ3n) is 2.91. The molecule has 1 aromatic rings. The van der Waals surface area contributed by atoms with Gasteiger partial charge in [0.05, 0.1) is 6.54 Å². The van der Waals surface area contributed by atoms with E-state index in [2.05, 4.69) is 11.9 Å². The van der Waals surface area contributed by atoms with Crippen LogP contribution in [0.2, 0.25) is 0 Å². The van der Waals surface area contributed by atoms with Gasteiger partial charge < -0.3 is 4.74 Å². The van der Waals surface area contributed by atoms with E-state index in [1.807, 2.05) is 24.3 Å². The molecule has 20 heavy (non-hydrogen) atoms. The molecule has 0 bridgehead atoms. The summed E-state index contributed by atoms with van der Waals surface area (Å²) in [6.45, 7) is 2.62. The van der Waals surface area contributed by atoms with Crippen LogP contribution in [0, 0.1) is 0 Å². The van der Waals surface area contributed by atoms with Crippen molar-refractivity contribution in [3.05, 3.63) is 29.8 Å². The van der Waals surface area contributed by atoms with E-state index in [0.29, 0.717) is 18.7 Å². The SMILES string of the molecule is CCCc1ccc(OC(=O)CCCCCN=C=O)cc1. The molecule has 4 heteroatoms. The summed E-state index contributed by atoms with van der Waals surface area (Å²) in [5, 5.41) is 0. The molecule has 0 aliphatic heterocycles. The first kappa shape index (κ1) is 16.1. The van der Waals surface area contributed by atoms with Crippen LogP contribution in [0.4, 0.5) is 0 Å². The lowest BCUT2D eigenvalue weighted by atomic mass is 10.1. The number of benzene rings is 1. The van der Waals surface area contributed by atoms with Crippen molar-refractivity contribution in [3.8, 4) is 5.75 Å². The number of isocyanates is 1. The highest BCUT2D eigenvalue weighted by molar-refractivity contribution is 5.72. The summed E-state index contributed by atoms with van der Waals surface area (Å²) in [4.78, 5) is 24.9. The monoisotopic (exact) mass is 275 g/mol. The zero-order chi connectivity index (χ0) is 14.6. The second kappa shape index (κ2) is 9.93. The maximum Gasteiger partial charge on any atom is 0.311 e. The van der Waals surface area contributed by atoms with Gasteiger partial charge in [0.15, 0.2) is 0 Å². The Kier molecular flexibility index (Phi) is 8.01. The number of unbranched alkanes of at least 4 members (excludes halogenated alkanes) is 2. The Morgan fingerprint density at radius 1 is 1.20 bits per heavy atom. The van der Waals surface area contributed by atoms with Crippen molar-refractivity contribution in [1.29, 1.82) is 0 Å². The van der Waals surface area contributed by atoms with Gasteiger partial charge in [0.2, 0.25) is 6.08 Å². The molecular formula is C16H21NO3. The van der Waals surface area contributed by atoms with Crippen molar-refractivity contribution >= 4 is 12.0 Å². The van der Waals surface area contributed by atoms with E-state index >= 15 is 0 Å². The number of rotatable bonds is 9. The highest BCUT2D eigenvalue weighted by atomic mass is 16.5. The van der Waals surface area contributed by atoms with Crippen molar-refractivity contribution in [1.82, 2.24) is 0 Å². The molecule has 0 unspecified atom stereocenters. The zero-order valence-corrected chi connectivity index (χ0v) is 11.9. The Labute approximate surface area is 119 Å². The van der Waals surface area contributed by atoms with Gasteiger partial charge in [-0.2, -0.15) is 0 Å². The molecule has 0 N–H and O–H groups in total. The Balaban J connectivity index is 2.22. The smallest absolute Gasteiger partial charge is 0.311 e. The first-order valence-electron chi connectivity index (χ1n) is 7.09. The van der Waals surface area contributed by atoms with Gasteiger partial charge in [-0.3, -0.25) is 4.79 Å². The predicted molar refractivity (Wildman–Crippen MR) is 77.5 cm³/mol. The molecule has 0 atom stereocenters. The van der Waals surface area contributed by atoms with Crippen molar-refractivity contribution in [2.75, 3.05) is 6.54 Å². The lowest BCUT2D eigenvalue weighted by molar-refractivity contribution is -0.134. The van der Waals surface area contributed by atoms with Gasteiger partial charge in [-0.25, -0.2) is 9.79 Å². The number of hydrogen-bond acceptors (Lipinski definition) is 4. The second-order valence-corrected chi connectivity index (χ2v) is 4.65. The van der Waals surface area contributed by atoms with E-state index in [4.69, 9.17) is 4.74 Å². The van der Waals surface area contributed by atoms with Crippen molar-refractivity contribution in [2.24, 2.45) is 4.99 Å². The standard InChI is InChI=1S/C16H21NO3/c1-2-6-14-8-10-15(11-9-14)20-16(19)7-4-3-5-12-17-13-18/h8-11H,2-7,12H2,1H3. The van der Waals surface area contributed by atoms with Crippen LogP contribution in [0.5, 0.6) is 5.75 Å². The van der Waals surface area contributed by atoms with Crippen LogP contribution in [0.15, 0.2) is 29.3 Å². The molecule has 0 aliphatic carbocycles. The molecule has 0 amide bonds. The molecule has 0 saturated carbocycles. The van der Waals surface area contributed by atoms with Crippen LogP contribution in [0.25, 0.3) is 0 Å². The van der Waals surface area contributed by atoms with Crippen molar-refractivity contribution in [2.45, 2.75) is 45.4 Å². The number of esters is 1. The number of aryl methyl sites for hydroxylation is 1. The van der Waals surface area contributed by atoms with E-state index < -0.39 is 0 Å². The van der Waals surface area contributed by atoms with E-state index in [-0.39, 0.29) is 5.97 Å². The fraction of sp³-hybridized carbons (Fsp3) is 0.500. The number of aliphatic imine (C=N–C) groups is 1. The van der Waals surface area contributed by atoms with Gasteiger partial charge in [0.25, 0.3) is 0 Å². The van der Waals surface area contributed by atoms with Gasteiger partial charge in [-0.05, 0) is 37.0 Å². The van der Waals surface area contributed by atoms with Crippen molar-refractivity contribution in [3.63, 3.8) is 0 Å². The average Bonchev–Trinajstić information content (AvgIpc) is 2.45. The van der Waals surface area contributed by atoms with Crippen LogP contribution in [0.3, 0.4) is 0 Å². The molecule has 0 radical (unpaired) electrons. The minimum Gasteiger partial charge on any atom is -0.427 e. The normalized spacial score (nSPS) is 9.85. The Morgan fingerprint density at radius 3 is 2.60 bits per heavy atom. The number of carbonyl (C=O) groups excluding carboxylic acids is 2. The first-order valence-corrected chi connectivity index (χ1v) is 7.09. The van der Waals surface area contributed by atoms with Gasteiger partial charge in [-0.1, -0.05) is 31.9 Å². The van der Waals surface area contributed by atoms with Gasteiger partial charge in [0.1, 0.15) is 5.75 Å². The molecule has 0 saturated heterocycles. The maximum atomic E-state index is 11.6. The predicted octanol–water partition coefficient (Wildman–Crippen LogP) is 3.44. The third kappa shape index (κ3) is 6.86. The van der Waals surface area contributed by atoms with Gasteiger partial charge in [-0.15, -0.1) is 0 Å². The molecular weight excluding hydrogens is 254 g/mol. The summed E-state index contributed by atoms with van der Waals surface area (Å²) in [5.41, 5.74) is 1.25. The van der Waals surface area contributed by atoms with E-state index in [9.17, 15) is 9.59 Å². The summed E-state index contributed by atoms with van der Waals surface area (Å²) >= 11 is 0. The molecule has 0 fully saturated rings. The number of hydrogen-bond donors (Lipinski definition) is 0. The van der Waals surface area contributed by atoms with Crippen LogP contribution in [-0.4, -0.2) is 18.6 Å². The summed E-state index contributed by atoms with van der Waals surface area (Å²) in [7, 11) is 0. The lowest BCUT2D eigenvalue weighted by Gasteiger charge is -2.05. The molecule has 1 rings (SSSR count). The highest BCUT2D eigenvalue weighted by Gasteiger charge is 2.04. The average molecular weight is 275 g/mol. The molecule has 0 heterocycles. The van der Waals surface area contributed by atoms with Gasteiger partial charge >= 0.3 is 5.97 Å². The maximum absolute atomic E-state index is 11.6. The first-order chi connectivity index (χ1) is 9.76. The number of nitrogens with zero attached hydrogens (tertiary/aromatic N) is 1. The van der Waals surface area contributed by atoms with Crippen molar-refractivity contribution < 1.29 is 14.3 Å². The fourth-order valence-corrected chi connectivity index (χ4v) is 1.88. The summed E-state index contributed by atoms with van der Waals surface area (Å²) in [5.74, 6) is 0.382. The molecule has 4 nitrogen and oxygen atoms in total. The molecule has 0 spiro atoms. The van der Waals surface area contributed by atoms with Crippen LogP contribution in [0.1, 0.15) is 44.6 Å². The van der Waals surface area contributed by atoms with E-state index in [0.717, 1.165) is 32.1 Å². The molecule has 1 aromatic carbocycles. The summed E-state index contributed by atoms with van der Waals surface area (Å²) in [6.07, 6.45) is 6.44. The lowest BCUT2D eigenvalue weighted by Crippen LogP contribution is -2.07. The molecule has 0 aliphatic rings. The quantitative estimate of drug-likeness (QED) is 0.228. The largest absolute Gasteiger partial charge is 0.427 e. The van der Waals surface area contributed by atoms with Crippen LogP contribution in [-0.2, 0) is 16.0 Å². The highest BCUT2D eigenvalue weighted by Crippen LogP contribution is 2.14. The topological polar surface area (TPSA) is 55.7 Å². The zero-order valence-electron chi connectivity index (χ0n) is 11.9. The summed E-state index contributed by atoms with van der Waals surface area (Å²) in [6, 6.07) is 7.65. The second-order valence-electron chi connectivity index (χ2n) is 4.65. The minimum absolute atomic E-state index is 0.216. The minimum atomic E-state index is -0.216. The number of carbonyl (C=O) groups is 1. The van der Waals surface area contributed by atoms with Crippen LogP contribution >= 0.6 is 0 Å². The van der Waals surface area contributed by atoms with Crippen LogP contribution < -0.4 is 4.74 Å². The summed E-state index contributed by atoms with van der Waals surface area (Å²) < 4.78 is 5.25. The van der Waals surface area contributed by atoms with E-state index in [1.54, 1.807) is 0 Å².